The van der Waals surface area contributed by atoms with Crippen LogP contribution >= 0.6 is 0 Å². The van der Waals surface area contributed by atoms with Crippen LogP contribution in [-0.2, 0) is 24.0 Å². The van der Waals surface area contributed by atoms with Crippen molar-refractivity contribution >= 4 is 11.9 Å². The van der Waals surface area contributed by atoms with Crippen molar-refractivity contribution in [1.29, 1.82) is 0 Å². The number of fused-ring (bicyclic) bond motifs is 2. The van der Waals surface area contributed by atoms with E-state index >= 15 is 0 Å². The van der Waals surface area contributed by atoms with Crippen molar-refractivity contribution in [1.82, 2.24) is 20.3 Å². The number of amides is 1. The molecule has 2 aliphatic rings. The highest BCUT2D eigenvalue weighted by Crippen LogP contribution is 2.33. The number of aryl methyl sites for hydroxylation is 1. The van der Waals surface area contributed by atoms with Crippen molar-refractivity contribution in [2.24, 2.45) is 0 Å². The average Bonchev–Trinajstić information content (AvgIpc) is 3.44. The molecule has 3 aromatic rings. The molecule has 33 heavy (non-hydrogen) atoms. The number of nitrogens with one attached hydrogen (secondary N) is 1. The molecule has 0 bridgehead atoms. The summed E-state index contributed by atoms with van der Waals surface area (Å²) in [6.07, 6.45) is 7.91. The second-order valence-corrected chi connectivity index (χ2v) is 8.99. The summed E-state index contributed by atoms with van der Waals surface area (Å²) in [5, 5.41) is 11.8. The van der Waals surface area contributed by atoms with Gasteiger partial charge in [-0.15, -0.1) is 0 Å². The van der Waals surface area contributed by atoms with Crippen LogP contribution in [0.1, 0.15) is 89.0 Å². The molecule has 2 aliphatic carbocycles. The van der Waals surface area contributed by atoms with Crippen molar-refractivity contribution in [2.45, 2.75) is 70.9 Å². The van der Waals surface area contributed by atoms with Gasteiger partial charge in [0.15, 0.2) is 5.69 Å². The van der Waals surface area contributed by atoms with Gasteiger partial charge >= 0.3 is 5.97 Å². The van der Waals surface area contributed by atoms with E-state index in [0.29, 0.717) is 16.9 Å². The molecule has 1 aromatic carbocycles. The van der Waals surface area contributed by atoms with E-state index < -0.39 is 0 Å². The predicted molar refractivity (Wildman–Crippen MR) is 120 cm³/mol. The second-order valence-electron chi connectivity index (χ2n) is 8.99. The molecule has 0 spiro atoms. The van der Waals surface area contributed by atoms with Gasteiger partial charge in [-0.05, 0) is 64.5 Å². The van der Waals surface area contributed by atoms with Crippen LogP contribution in [0.5, 0.6) is 0 Å². The van der Waals surface area contributed by atoms with E-state index in [2.05, 4.69) is 15.6 Å². The van der Waals surface area contributed by atoms with Crippen molar-refractivity contribution in [3.05, 3.63) is 64.3 Å². The maximum Gasteiger partial charge on any atom is 0.340 e. The minimum absolute atomic E-state index is 0.166. The Morgan fingerprint density at radius 3 is 2.82 bits per heavy atom. The number of hydrogen-bond acceptors (Lipinski definition) is 6. The number of carbonyl (C=O) groups is 2. The fourth-order valence-electron chi connectivity index (χ4n) is 4.81. The Labute approximate surface area is 192 Å². The zero-order valence-corrected chi connectivity index (χ0v) is 19.0. The van der Waals surface area contributed by atoms with Crippen LogP contribution in [0, 0.1) is 0 Å². The number of nitrogens with zero attached hydrogens (tertiary/aromatic N) is 3. The van der Waals surface area contributed by atoms with E-state index in [0.717, 1.165) is 67.5 Å². The van der Waals surface area contributed by atoms with E-state index in [1.54, 1.807) is 12.3 Å². The summed E-state index contributed by atoms with van der Waals surface area (Å²) in [7, 11) is 0. The molecule has 2 heterocycles. The fourth-order valence-corrected chi connectivity index (χ4v) is 4.81. The second kappa shape index (κ2) is 8.84. The summed E-state index contributed by atoms with van der Waals surface area (Å²) in [5.41, 5.74) is 4.48. The van der Waals surface area contributed by atoms with Crippen LogP contribution in [0.2, 0.25) is 0 Å². The van der Waals surface area contributed by atoms with Gasteiger partial charge in [0.05, 0.1) is 29.6 Å². The van der Waals surface area contributed by atoms with Crippen molar-refractivity contribution in [3.63, 3.8) is 0 Å². The molecule has 2 aromatic heterocycles. The maximum atomic E-state index is 13.1. The topological polar surface area (TPSA) is 99.2 Å². The number of benzene rings is 1. The van der Waals surface area contributed by atoms with Crippen LogP contribution in [0.3, 0.4) is 0 Å². The van der Waals surface area contributed by atoms with E-state index in [4.69, 9.17) is 9.26 Å². The minimum Gasteiger partial charge on any atom is -0.459 e. The van der Waals surface area contributed by atoms with Gasteiger partial charge in [-0.2, -0.15) is 5.10 Å². The van der Waals surface area contributed by atoms with Gasteiger partial charge in [-0.3, -0.25) is 4.79 Å². The molecule has 1 N–H and O–H groups in total. The fraction of sp³-hybridized carbons (Fsp3) is 0.440. The molecule has 0 saturated heterocycles. The normalized spacial score (nSPS) is 17.4. The summed E-state index contributed by atoms with van der Waals surface area (Å²) >= 11 is 0. The molecule has 8 heteroatoms. The van der Waals surface area contributed by atoms with Crippen LogP contribution < -0.4 is 5.32 Å². The molecule has 0 unspecified atom stereocenters. The number of ether oxygens (including phenoxy) is 1. The maximum absolute atomic E-state index is 13.1. The lowest BCUT2D eigenvalue weighted by Crippen LogP contribution is -2.32. The first-order valence-corrected chi connectivity index (χ1v) is 11.7. The third-order valence-electron chi connectivity index (χ3n) is 6.35. The first kappa shape index (κ1) is 21.4. The number of aromatic nitrogens is 3. The zero-order chi connectivity index (χ0) is 22.9. The number of hydrogen-bond donors (Lipinski definition) is 1. The summed E-state index contributed by atoms with van der Waals surface area (Å²) in [4.78, 5) is 25.7. The van der Waals surface area contributed by atoms with Gasteiger partial charge in [0, 0.05) is 23.2 Å². The molecule has 5 rings (SSSR count). The van der Waals surface area contributed by atoms with Gasteiger partial charge in [0.2, 0.25) is 0 Å². The van der Waals surface area contributed by atoms with Gasteiger partial charge in [-0.25, -0.2) is 9.48 Å². The Morgan fingerprint density at radius 2 is 1.97 bits per heavy atom. The monoisotopic (exact) mass is 448 g/mol. The van der Waals surface area contributed by atoms with Gasteiger partial charge in [0.1, 0.15) is 5.76 Å². The predicted octanol–water partition coefficient (Wildman–Crippen LogP) is 4.11. The number of para-hydroxylation sites is 1. The summed E-state index contributed by atoms with van der Waals surface area (Å²) < 4.78 is 12.7. The zero-order valence-electron chi connectivity index (χ0n) is 19.0. The highest BCUT2D eigenvalue weighted by molar-refractivity contribution is 5.94. The molecule has 0 saturated carbocycles. The first-order chi connectivity index (χ1) is 16.0. The highest BCUT2D eigenvalue weighted by atomic mass is 16.5. The number of carbonyl (C=O) groups excluding carboxylic acids is 2. The van der Waals surface area contributed by atoms with E-state index in [1.165, 1.54) is 0 Å². The molecule has 8 nitrogen and oxygen atoms in total. The van der Waals surface area contributed by atoms with E-state index in [1.807, 2.05) is 36.7 Å². The van der Waals surface area contributed by atoms with Crippen LogP contribution in [0.15, 0.2) is 35.0 Å². The molecule has 0 radical (unpaired) electrons. The number of rotatable bonds is 5. The molecular weight excluding hydrogens is 420 g/mol. The van der Waals surface area contributed by atoms with Crippen LogP contribution in [-0.4, -0.2) is 32.9 Å². The Balaban J connectivity index is 1.42. The van der Waals surface area contributed by atoms with Gasteiger partial charge in [0.25, 0.3) is 5.91 Å². The van der Waals surface area contributed by atoms with E-state index in [9.17, 15) is 9.59 Å². The van der Waals surface area contributed by atoms with Gasteiger partial charge in [-0.1, -0.05) is 17.3 Å². The molecular formula is C25H28N4O4. The Morgan fingerprint density at radius 1 is 1.15 bits per heavy atom. The lowest BCUT2D eigenvalue weighted by atomic mass is 9.92. The third-order valence-corrected chi connectivity index (χ3v) is 6.35. The van der Waals surface area contributed by atoms with Crippen molar-refractivity contribution < 1.29 is 18.8 Å². The average molecular weight is 449 g/mol. The van der Waals surface area contributed by atoms with Crippen LogP contribution in [0.4, 0.5) is 0 Å². The summed E-state index contributed by atoms with van der Waals surface area (Å²) in [6, 6.07) is 7.15. The lowest BCUT2D eigenvalue weighted by Gasteiger charge is -2.24. The molecule has 172 valence electrons. The minimum atomic E-state index is -0.374. The molecule has 0 aliphatic heterocycles. The summed E-state index contributed by atoms with van der Waals surface area (Å²) in [5.74, 6) is 0.267. The first-order valence-electron chi connectivity index (χ1n) is 11.7. The SMILES string of the molecule is CC(C)OC(=O)c1ccccc1-n1ncc2c1CCC[C@H]2NC(=O)c1noc2c1CCCC2. The van der Waals surface area contributed by atoms with Crippen molar-refractivity contribution in [3.8, 4) is 5.69 Å². The molecule has 1 amide bonds. The largest absolute Gasteiger partial charge is 0.459 e. The van der Waals surface area contributed by atoms with Crippen LogP contribution in [0.25, 0.3) is 5.69 Å². The lowest BCUT2D eigenvalue weighted by molar-refractivity contribution is 0.0377. The Hall–Kier alpha value is -3.42. The Bertz CT molecular complexity index is 1190. The highest BCUT2D eigenvalue weighted by Gasteiger charge is 2.30. The van der Waals surface area contributed by atoms with Crippen molar-refractivity contribution in [2.75, 3.05) is 0 Å². The standard InChI is InChI=1S/C25H28N4O4/c1-15(2)32-25(31)16-8-3-5-11-20(16)29-21-12-7-10-19(18(21)14-26-29)27-24(30)23-17-9-4-6-13-22(17)33-28-23/h3,5,8,11,14-15,19H,4,6-7,9-10,12-13H2,1-2H3,(H,27,30)/t19-/m1/s1. The quantitative estimate of drug-likeness (QED) is 0.590. The van der Waals surface area contributed by atoms with E-state index in [-0.39, 0.29) is 24.0 Å². The summed E-state index contributed by atoms with van der Waals surface area (Å²) in [6.45, 7) is 3.66. The molecule has 1 atom stereocenters. The number of esters is 1. The Kier molecular flexibility index (Phi) is 5.74. The smallest absolute Gasteiger partial charge is 0.340 e. The third kappa shape index (κ3) is 4.05. The van der Waals surface area contributed by atoms with Gasteiger partial charge < -0.3 is 14.6 Å². The molecule has 0 fully saturated rings.